The quantitative estimate of drug-likeness (QED) is 0.864. The first-order valence-corrected chi connectivity index (χ1v) is 6.47. The number of hydrogen-bond acceptors (Lipinski definition) is 5. The van der Waals surface area contributed by atoms with Gasteiger partial charge in [-0.1, -0.05) is 6.92 Å². The molecule has 1 atom stereocenters. The SMILES string of the molecule is CC(CO)CNC(=O)c1csc(-c2ccco2)n1. The van der Waals surface area contributed by atoms with E-state index in [4.69, 9.17) is 9.52 Å². The van der Waals surface area contributed by atoms with Crippen molar-refractivity contribution < 1.29 is 14.3 Å². The maximum absolute atomic E-state index is 11.8. The average Bonchev–Trinajstić information content (AvgIpc) is 3.04. The Morgan fingerprint density at radius 2 is 2.50 bits per heavy atom. The van der Waals surface area contributed by atoms with Crippen LogP contribution in [0.1, 0.15) is 17.4 Å². The van der Waals surface area contributed by atoms with Crippen molar-refractivity contribution in [3.8, 4) is 10.8 Å². The predicted molar refractivity (Wildman–Crippen MR) is 68.4 cm³/mol. The topological polar surface area (TPSA) is 75.4 Å². The Bertz CT molecular complexity index is 507. The monoisotopic (exact) mass is 266 g/mol. The largest absolute Gasteiger partial charge is 0.462 e. The minimum Gasteiger partial charge on any atom is -0.462 e. The van der Waals surface area contributed by atoms with Crippen LogP contribution in [-0.4, -0.2) is 29.1 Å². The van der Waals surface area contributed by atoms with E-state index in [0.29, 0.717) is 23.0 Å². The molecule has 0 radical (unpaired) electrons. The molecule has 0 aromatic carbocycles. The van der Waals surface area contributed by atoms with Gasteiger partial charge in [-0.3, -0.25) is 4.79 Å². The number of furan rings is 1. The normalized spacial score (nSPS) is 12.3. The van der Waals surface area contributed by atoms with Gasteiger partial charge in [0.25, 0.3) is 5.91 Å². The highest BCUT2D eigenvalue weighted by atomic mass is 32.1. The van der Waals surface area contributed by atoms with Crippen LogP contribution in [0.4, 0.5) is 0 Å². The van der Waals surface area contributed by atoms with Crippen molar-refractivity contribution in [2.75, 3.05) is 13.2 Å². The number of nitrogens with one attached hydrogen (secondary N) is 1. The molecule has 0 fully saturated rings. The smallest absolute Gasteiger partial charge is 0.270 e. The Balaban J connectivity index is 1.99. The van der Waals surface area contributed by atoms with E-state index in [0.717, 1.165) is 0 Å². The van der Waals surface area contributed by atoms with Gasteiger partial charge in [0.2, 0.25) is 0 Å². The van der Waals surface area contributed by atoms with Gasteiger partial charge >= 0.3 is 0 Å². The Hall–Kier alpha value is -1.66. The van der Waals surface area contributed by atoms with Crippen LogP contribution in [0.25, 0.3) is 10.8 Å². The van der Waals surface area contributed by atoms with E-state index in [1.165, 1.54) is 11.3 Å². The molecule has 0 spiro atoms. The highest BCUT2D eigenvalue weighted by Crippen LogP contribution is 2.23. The molecule has 0 bridgehead atoms. The van der Waals surface area contributed by atoms with Crippen molar-refractivity contribution >= 4 is 17.2 Å². The summed E-state index contributed by atoms with van der Waals surface area (Å²) in [6.45, 7) is 2.34. The molecule has 0 saturated heterocycles. The van der Waals surface area contributed by atoms with Crippen molar-refractivity contribution in [2.24, 2.45) is 5.92 Å². The van der Waals surface area contributed by atoms with E-state index in [1.54, 1.807) is 23.8 Å². The summed E-state index contributed by atoms with van der Waals surface area (Å²) in [6.07, 6.45) is 1.57. The number of carbonyl (C=O) groups excluding carboxylic acids is 1. The van der Waals surface area contributed by atoms with E-state index in [9.17, 15) is 4.79 Å². The zero-order valence-electron chi connectivity index (χ0n) is 9.92. The van der Waals surface area contributed by atoms with Crippen LogP contribution < -0.4 is 5.32 Å². The lowest BCUT2D eigenvalue weighted by Gasteiger charge is -2.07. The molecule has 5 nitrogen and oxygen atoms in total. The lowest BCUT2D eigenvalue weighted by Crippen LogP contribution is -2.29. The number of rotatable bonds is 5. The minimum atomic E-state index is -0.232. The summed E-state index contributed by atoms with van der Waals surface area (Å²) in [7, 11) is 0. The maximum atomic E-state index is 11.8. The van der Waals surface area contributed by atoms with Crippen molar-refractivity contribution in [3.05, 3.63) is 29.5 Å². The first-order valence-electron chi connectivity index (χ1n) is 5.59. The summed E-state index contributed by atoms with van der Waals surface area (Å²) >= 11 is 1.36. The van der Waals surface area contributed by atoms with Gasteiger partial charge in [-0.25, -0.2) is 4.98 Å². The second-order valence-corrected chi connectivity index (χ2v) is 4.87. The minimum absolute atomic E-state index is 0.0390. The van der Waals surface area contributed by atoms with Crippen LogP contribution in [0.15, 0.2) is 28.2 Å². The number of thiazole rings is 1. The highest BCUT2D eigenvalue weighted by molar-refractivity contribution is 7.13. The van der Waals surface area contributed by atoms with Crippen molar-refractivity contribution in [1.29, 1.82) is 0 Å². The van der Waals surface area contributed by atoms with Crippen molar-refractivity contribution in [3.63, 3.8) is 0 Å². The van der Waals surface area contributed by atoms with Crippen LogP contribution in [0.3, 0.4) is 0 Å². The molecule has 1 amide bonds. The van der Waals surface area contributed by atoms with Gasteiger partial charge in [0.05, 0.1) is 6.26 Å². The van der Waals surface area contributed by atoms with E-state index >= 15 is 0 Å². The summed E-state index contributed by atoms with van der Waals surface area (Å²) in [5, 5.41) is 14.0. The van der Waals surface area contributed by atoms with Crippen LogP contribution in [0.5, 0.6) is 0 Å². The lowest BCUT2D eigenvalue weighted by atomic mass is 10.2. The molecular weight excluding hydrogens is 252 g/mol. The van der Waals surface area contributed by atoms with Gasteiger partial charge in [0, 0.05) is 18.5 Å². The molecule has 2 rings (SSSR count). The van der Waals surface area contributed by atoms with E-state index in [1.807, 2.05) is 6.92 Å². The van der Waals surface area contributed by atoms with E-state index < -0.39 is 0 Å². The first kappa shape index (κ1) is 12.8. The molecule has 18 heavy (non-hydrogen) atoms. The number of aromatic nitrogens is 1. The molecular formula is C12H14N2O3S. The fourth-order valence-corrected chi connectivity index (χ4v) is 2.08. The van der Waals surface area contributed by atoms with Gasteiger partial charge in [-0.2, -0.15) is 0 Å². The third-order valence-corrected chi connectivity index (χ3v) is 3.25. The Morgan fingerprint density at radius 1 is 1.67 bits per heavy atom. The predicted octanol–water partition coefficient (Wildman–Crippen LogP) is 1.76. The molecule has 2 N–H and O–H groups in total. The first-order chi connectivity index (χ1) is 8.70. The van der Waals surface area contributed by atoms with E-state index in [-0.39, 0.29) is 18.4 Å². The molecule has 96 valence electrons. The third-order valence-electron chi connectivity index (χ3n) is 2.39. The molecule has 2 heterocycles. The summed E-state index contributed by atoms with van der Waals surface area (Å²) in [5.41, 5.74) is 0.372. The Morgan fingerprint density at radius 3 is 3.17 bits per heavy atom. The second-order valence-electron chi connectivity index (χ2n) is 4.01. The van der Waals surface area contributed by atoms with Gasteiger partial charge in [-0.15, -0.1) is 11.3 Å². The number of hydrogen-bond donors (Lipinski definition) is 2. The van der Waals surface area contributed by atoms with Crippen LogP contribution in [-0.2, 0) is 0 Å². The van der Waals surface area contributed by atoms with Gasteiger partial charge in [0.1, 0.15) is 5.69 Å². The molecule has 0 aliphatic heterocycles. The summed E-state index contributed by atoms with van der Waals surface area (Å²) in [5.74, 6) is 0.462. The number of aliphatic hydroxyl groups is 1. The Kier molecular flexibility index (Phi) is 4.11. The highest BCUT2D eigenvalue weighted by Gasteiger charge is 2.13. The molecule has 1 unspecified atom stereocenters. The molecule has 0 saturated carbocycles. The summed E-state index contributed by atoms with van der Waals surface area (Å²) in [6, 6.07) is 3.58. The molecule has 2 aromatic heterocycles. The lowest BCUT2D eigenvalue weighted by molar-refractivity contribution is 0.0938. The summed E-state index contributed by atoms with van der Waals surface area (Å²) < 4.78 is 5.21. The van der Waals surface area contributed by atoms with Crippen molar-refractivity contribution in [1.82, 2.24) is 10.3 Å². The van der Waals surface area contributed by atoms with Crippen LogP contribution in [0.2, 0.25) is 0 Å². The van der Waals surface area contributed by atoms with Crippen LogP contribution in [0, 0.1) is 5.92 Å². The van der Waals surface area contributed by atoms with Gasteiger partial charge < -0.3 is 14.8 Å². The second kappa shape index (κ2) is 5.79. The number of amides is 1. The molecule has 2 aromatic rings. The standard InChI is InChI=1S/C12H14N2O3S/c1-8(6-15)5-13-11(16)9-7-18-12(14-9)10-3-2-4-17-10/h2-4,7-8,15H,5-6H2,1H3,(H,13,16). The molecule has 0 aliphatic rings. The Labute approximate surface area is 108 Å². The molecule has 0 aliphatic carbocycles. The number of aliphatic hydroxyl groups excluding tert-OH is 1. The fourth-order valence-electron chi connectivity index (χ4n) is 1.31. The zero-order valence-corrected chi connectivity index (χ0v) is 10.7. The number of nitrogens with zero attached hydrogens (tertiary/aromatic N) is 1. The third kappa shape index (κ3) is 2.96. The summed E-state index contributed by atoms with van der Waals surface area (Å²) in [4.78, 5) is 16.0. The van der Waals surface area contributed by atoms with Gasteiger partial charge in [0.15, 0.2) is 10.8 Å². The fraction of sp³-hybridized carbons (Fsp3) is 0.333. The molecule has 6 heteroatoms. The number of carbonyl (C=O) groups is 1. The van der Waals surface area contributed by atoms with E-state index in [2.05, 4.69) is 10.3 Å². The maximum Gasteiger partial charge on any atom is 0.270 e. The van der Waals surface area contributed by atoms with Crippen molar-refractivity contribution in [2.45, 2.75) is 6.92 Å². The van der Waals surface area contributed by atoms with Gasteiger partial charge in [-0.05, 0) is 18.1 Å². The average molecular weight is 266 g/mol. The van der Waals surface area contributed by atoms with Crippen LogP contribution >= 0.6 is 11.3 Å². The zero-order chi connectivity index (χ0) is 13.0.